The van der Waals surface area contributed by atoms with Crippen LogP contribution in [0.25, 0.3) is 0 Å². The molecule has 1 heterocycles. The van der Waals surface area contributed by atoms with E-state index < -0.39 is 17.5 Å². The first-order valence-electron chi connectivity index (χ1n) is 7.69. The molecule has 0 fully saturated rings. The van der Waals surface area contributed by atoms with E-state index in [1.807, 2.05) is 0 Å². The molecule has 0 saturated carbocycles. The van der Waals surface area contributed by atoms with Crippen LogP contribution < -0.4 is 21.9 Å². The molecule has 1 aromatic heterocycles. The van der Waals surface area contributed by atoms with Crippen LogP contribution in [-0.4, -0.2) is 15.9 Å². The Morgan fingerprint density at radius 1 is 1.00 bits per heavy atom. The number of hydrogen-bond donors (Lipinski definition) is 4. The van der Waals surface area contributed by atoms with Crippen molar-refractivity contribution in [2.24, 2.45) is 0 Å². The number of nitrogens with one attached hydrogen (secondary N) is 3. The van der Waals surface area contributed by atoms with Gasteiger partial charge in [-0.15, -0.1) is 0 Å². The molecule has 3 rings (SSSR count). The van der Waals surface area contributed by atoms with Crippen molar-refractivity contribution in [1.29, 1.82) is 0 Å². The molecule has 28 heavy (non-hydrogen) atoms. The smallest absolute Gasteiger partial charge is 0.271 e. The molecule has 0 spiro atoms. The van der Waals surface area contributed by atoms with Gasteiger partial charge in [0.1, 0.15) is 12.0 Å². The van der Waals surface area contributed by atoms with E-state index in [1.165, 1.54) is 30.6 Å². The number of nitrogens with two attached hydrogens (primary N) is 1. The van der Waals surface area contributed by atoms with Crippen molar-refractivity contribution in [3.63, 3.8) is 0 Å². The molecular formula is C17H12Cl2F2N6O. The predicted octanol–water partition coefficient (Wildman–Crippen LogP) is 4.14. The van der Waals surface area contributed by atoms with Gasteiger partial charge in [-0.2, -0.15) is 0 Å². The number of hydrogen-bond acceptors (Lipinski definition) is 6. The minimum absolute atomic E-state index is 0.0368. The Bertz CT molecular complexity index is 1050. The summed E-state index contributed by atoms with van der Waals surface area (Å²) < 4.78 is 26.4. The molecule has 0 aliphatic rings. The summed E-state index contributed by atoms with van der Waals surface area (Å²) in [6.07, 6.45) is 1.17. The lowest BCUT2D eigenvalue weighted by Crippen LogP contribution is -2.30. The Kier molecular flexibility index (Phi) is 5.76. The largest absolute Gasteiger partial charge is 0.393 e. The van der Waals surface area contributed by atoms with Crippen molar-refractivity contribution >= 4 is 52.1 Å². The highest BCUT2D eigenvalue weighted by molar-refractivity contribution is 6.36. The van der Waals surface area contributed by atoms with Crippen molar-refractivity contribution < 1.29 is 13.6 Å². The summed E-state index contributed by atoms with van der Waals surface area (Å²) in [6.45, 7) is 0. The number of aromatic nitrogens is 2. The molecule has 2 aromatic carbocycles. The molecule has 3 aromatic rings. The van der Waals surface area contributed by atoms with Crippen LogP contribution in [0.1, 0.15) is 10.4 Å². The quantitative estimate of drug-likeness (QED) is 0.458. The molecule has 7 nitrogen and oxygen atoms in total. The van der Waals surface area contributed by atoms with Crippen LogP contribution >= 0.6 is 23.2 Å². The first kappa shape index (κ1) is 19.6. The minimum Gasteiger partial charge on any atom is -0.393 e. The summed E-state index contributed by atoms with van der Waals surface area (Å²) in [5.41, 5.74) is 11.4. The molecule has 5 N–H and O–H groups in total. The number of nitrogens with zero attached hydrogens (tertiary/aromatic N) is 2. The highest BCUT2D eigenvalue weighted by atomic mass is 35.5. The average Bonchev–Trinajstić information content (AvgIpc) is 2.65. The van der Waals surface area contributed by atoms with Gasteiger partial charge in [0, 0.05) is 16.8 Å². The lowest BCUT2D eigenvalue weighted by molar-refractivity contribution is 0.0962. The molecule has 0 saturated heterocycles. The average molecular weight is 425 g/mol. The number of anilines is 4. The van der Waals surface area contributed by atoms with Crippen LogP contribution in [0.15, 0.2) is 42.7 Å². The van der Waals surface area contributed by atoms with Crippen molar-refractivity contribution in [1.82, 2.24) is 15.4 Å². The zero-order valence-corrected chi connectivity index (χ0v) is 15.4. The van der Waals surface area contributed by atoms with Gasteiger partial charge in [-0.05, 0) is 30.3 Å². The lowest BCUT2D eigenvalue weighted by Gasteiger charge is -2.13. The number of halogens is 4. The van der Waals surface area contributed by atoms with Gasteiger partial charge in [0.2, 0.25) is 0 Å². The Morgan fingerprint density at radius 3 is 2.46 bits per heavy atom. The third-order valence-corrected chi connectivity index (χ3v) is 4.08. The van der Waals surface area contributed by atoms with Crippen LogP contribution in [0.2, 0.25) is 10.0 Å². The second kappa shape index (κ2) is 8.24. The Morgan fingerprint density at radius 2 is 1.75 bits per heavy atom. The fourth-order valence-corrected chi connectivity index (χ4v) is 2.66. The number of nitrogen functional groups attached to an aromatic ring is 1. The maximum Gasteiger partial charge on any atom is 0.271 e. The molecule has 1 amide bonds. The van der Waals surface area contributed by atoms with Crippen LogP contribution in [0.5, 0.6) is 0 Å². The molecule has 0 aliphatic heterocycles. The molecular weight excluding hydrogens is 413 g/mol. The van der Waals surface area contributed by atoms with E-state index in [-0.39, 0.29) is 33.6 Å². The Labute approximate surface area is 167 Å². The second-order valence-electron chi connectivity index (χ2n) is 5.44. The van der Waals surface area contributed by atoms with Gasteiger partial charge in [0.15, 0.2) is 23.3 Å². The molecule has 144 valence electrons. The number of rotatable bonds is 5. The molecule has 0 bridgehead atoms. The molecule has 11 heteroatoms. The lowest BCUT2D eigenvalue weighted by atomic mass is 10.2. The molecule has 0 radical (unpaired) electrons. The number of amides is 1. The monoisotopic (exact) mass is 424 g/mol. The number of carbonyl (C=O) groups is 1. The fourth-order valence-electron chi connectivity index (χ4n) is 2.16. The van der Waals surface area contributed by atoms with Crippen LogP contribution in [0.3, 0.4) is 0 Å². The SMILES string of the molecule is Nc1c(NNC(=O)c2ccc(Cl)cc2Cl)ncnc1Nc1ccc(F)c(F)c1. The second-order valence-corrected chi connectivity index (χ2v) is 6.29. The summed E-state index contributed by atoms with van der Waals surface area (Å²) in [4.78, 5) is 20.1. The first-order valence-corrected chi connectivity index (χ1v) is 8.44. The van der Waals surface area contributed by atoms with E-state index in [0.29, 0.717) is 5.02 Å². The highest BCUT2D eigenvalue weighted by Gasteiger charge is 2.13. The Balaban J connectivity index is 1.73. The third-order valence-electron chi connectivity index (χ3n) is 3.54. The summed E-state index contributed by atoms with van der Waals surface area (Å²) in [5.74, 6) is -2.34. The predicted molar refractivity (Wildman–Crippen MR) is 104 cm³/mol. The van der Waals surface area contributed by atoms with E-state index >= 15 is 0 Å². The molecule has 0 aliphatic carbocycles. The summed E-state index contributed by atoms with van der Waals surface area (Å²) in [7, 11) is 0. The number of benzene rings is 2. The summed E-state index contributed by atoms with van der Waals surface area (Å²) in [6, 6.07) is 7.64. The standard InChI is InChI=1S/C17H12Cl2F2N6O/c18-8-1-3-10(11(19)5-8)17(28)27-26-16-14(22)15(23-7-24-16)25-9-2-4-12(20)13(21)6-9/h1-7H,22H2,(H,27,28)(H2,23,24,25,26). The molecule has 0 atom stereocenters. The van der Waals surface area contributed by atoms with Gasteiger partial charge in [-0.3, -0.25) is 15.6 Å². The number of carbonyl (C=O) groups excluding carboxylic acids is 1. The van der Waals surface area contributed by atoms with Crippen molar-refractivity contribution in [3.8, 4) is 0 Å². The Hall–Kier alpha value is -3.17. The van der Waals surface area contributed by atoms with Crippen LogP contribution in [-0.2, 0) is 0 Å². The van der Waals surface area contributed by atoms with E-state index in [4.69, 9.17) is 28.9 Å². The van der Waals surface area contributed by atoms with E-state index in [2.05, 4.69) is 26.1 Å². The first-order chi connectivity index (χ1) is 13.3. The zero-order chi connectivity index (χ0) is 20.3. The van der Waals surface area contributed by atoms with Crippen molar-refractivity contribution in [2.75, 3.05) is 16.5 Å². The normalized spacial score (nSPS) is 10.4. The maximum absolute atomic E-state index is 13.3. The summed E-state index contributed by atoms with van der Waals surface area (Å²) >= 11 is 11.8. The van der Waals surface area contributed by atoms with Crippen molar-refractivity contribution in [3.05, 3.63) is 70.0 Å². The van der Waals surface area contributed by atoms with Crippen LogP contribution in [0.4, 0.5) is 31.8 Å². The molecule has 0 unspecified atom stereocenters. The van der Waals surface area contributed by atoms with Gasteiger partial charge < -0.3 is 11.1 Å². The topological polar surface area (TPSA) is 105 Å². The fraction of sp³-hybridized carbons (Fsp3) is 0. The zero-order valence-electron chi connectivity index (χ0n) is 13.9. The van der Waals surface area contributed by atoms with Gasteiger partial charge in [0.05, 0.1) is 10.6 Å². The maximum atomic E-state index is 13.3. The summed E-state index contributed by atoms with van der Waals surface area (Å²) in [5, 5.41) is 3.30. The van der Waals surface area contributed by atoms with Gasteiger partial charge >= 0.3 is 0 Å². The third kappa shape index (κ3) is 4.38. The van der Waals surface area contributed by atoms with Crippen LogP contribution in [0, 0.1) is 11.6 Å². The van der Waals surface area contributed by atoms with Gasteiger partial charge in [-0.1, -0.05) is 23.2 Å². The van der Waals surface area contributed by atoms with Gasteiger partial charge in [0.25, 0.3) is 5.91 Å². The highest BCUT2D eigenvalue weighted by Crippen LogP contribution is 2.26. The minimum atomic E-state index is -1.02. The number of hydrazine groups is 1. The van der Waals surface area contributed by atoms with Crippen molar-refractivity contribution in [2.45, 2.75) is 0 Å². The van der Waals surface area contributed by atoms with Gasteiger partial charge in [-0.25, -0.2) is 18.7 Å². The van der Waals surface area contributed by atoms with E-state index in [9.17, 15) is 13.6 Å². The van der Waals surface area contributed by atoms with E-state index in [0.717, 1.165) is 12.1 Å². The van der Waals surface area contributed by atoms with E-state index in [1.54, 1.807) is 0 Å².